The molecule has 7 heteroatoms. The Bertz CT molecular complexity index is 621. The van der Waals surface area contributed by atoms with Gasteiger partial charge >= 0.3 is 5.97 Å². The summed E-state index contributed by atoms with van der Waals surface area (Å²) in [6.45, 7) is 3.79. The molecule has 0 saturated carbocycles. The largest absolute Gasteiger partial charge is 0.466 e. The van der Waals surface area contributed by atoms with Crippen LogP contribution in [0, 0.1) is 6.92 Å². The van der Waals surface area contributed by atoms with E-state index in [2.05, 4.69) is 10.1 Å². The van der Waals surface area contributed by atoms with Gasteiger partial charge < -0.3 is 15.2 Å². The van der Waals surface area contributed by atoms with Crippen LogP contribution in [-0.4, -0.2) is 33.9 Å². The van der Waals surface area contributed by atoms with Crippen molar-refractivity contribution in [1.29, 1.82) is 0 Å². The van der Waals surface area contributed by atoms with Crippen LogP contribution in [0.3, 0.4) is 0 Å². The van der Waals surface area contributed by atoms with Crippen LogP contribution in [0.15, 0.2) is 6.07 Å². The van der Waals surface area contributed by atoms with Crippen molar-refractivity contribution in [3.05, 3.63) is 11.6 Å². The van der Waals surface area contributed by atoms with Crippen molar-refractivity contribution in [2.24, 2.45) is 7.05 Å². The first-order valence-corrected chi connectivity index (χ1v) is 5.91. The van der Waals surface area contributed by atoms with Crippen LogP contribution >= 0.6 is 0 Å². The van der Waals surface area contributed by atoms with Crippen LogP contribution < -0.4 is 10.5 Å². The predicted octanol–water partition coefficient (Wildman–Crippen LogP) is 0.801. The lowest BCUT2D eigenvalue weighted by Crippen LogP contribution is -2.15. The van der Waals surface area contributed by atoms with Crippen molar-refractivity contribution in [2.45, 2.75) is 13.8 Å². The number of ether oxygens (including phenoxy) is 2. The molecule has 19 heavy (non-hydrogen) atoms. The summed E-state index contributed by atoms with van der Waals surface area (Å²) in [5, 5.41) is 4.90. The lowest BCUT2D eigenvalue weighted by atomic mass is 10.2. The molecule has 0 fully saturated rings. The van der Waals surface area contributed by atoms with E-state index in [1.54, 1.807) is 24.7 Å². The van der Waals surface area contributed by atoms with E-state index in [4.69, 9.17) is 15.2 Å². The van der Waals surface area contributed by atoms with Crippen LogP contribution in [-0.2, 0) is 16.6 Å². The molecular weight excluding hydrogens is 248 g/mol. The van der Waals surface area contributed by atoms with Crippen LogP contribution in [0.2, 0.25) is 0 Å². The Kier molecular flexibility index (Phi) is 3.55. The minimum absolute atomic E-state index is 0.168. The fraction of sp³-hybridized carbons (Fsp3) is 0.417. The Labute approximate surface area is 110 Å². The molecule has 2 aromatic rings. The second-order valence-corrected chi connectivity index (χ2v) is 4.08. The van der Waals surface area contributed by atoms with Crippen LogP contribution in [0.5, 0.6) is 5.88 Å². The van der Waals surface area contributed by atoms with Gasteiger partial charge in [-0.25, -0.2) is 9.48 Å². The molecular formula is C12H16N4O3. The molecule has 2 heterocycles. The van der Waals surface area contributed by atoms with Gasteiger partial charge in [-0.05, 0) is 19.4 Å². The summed E-state index contributed by atoms with van der Waals surface area (Å²) >= 11 is 0. The normalized spacial score (nSPS) is 10.7. The van der Waals surface area contributed by atoms with Crippen molar-refractivity contribution in [1.82, 2.24) is 14.8 Å². The van der Waals surface area contributed by atoms with E-state index < -0.39 is 5.97 Å². The van der Waals surface area contributed by atoms with Crippen molar-refractivity contribution in [3.8, 4) is 5.88 Å². The van der Waals surface area contributed by atoms with Gasteiger partial charge in [0.05, 0.1) is 12.0 Å². The van der Waals surface area contributed by atoms with Crippen molar-refractivity contribution < 1.29 is 14.3 Å². The fourth-order valence-electron chi connectivity index (χ4n) is 1.85. The zero-order valence-corrected chi connectivity index (χ0v) is 11.1. The van der Waals surface area contributed by atoms with E-state index in [1.807, 2.05) is 6.92 Å². The number of fused-ring (bicyclic) bond motifs is 1. The lowest BCUT2D eigenvalue weighted by Gasteiger charge is -2.06. The molecule has 102 valence electrons. The average Bonchev–Trinajstić information content (AvgIpc) is 2.63. The molecule has 7 nitrogen and oxygen atoms in total. The first kappa shape index (κ1) is 13.1. The number of anilines is 1. The number of nitrogens with zero attached hydrogens (tertiary/aromatic N) is 3. The zero-order chi connectivity index (χ0) is 14.0. The molecule has 0 bridgehead atoms. The monoisotopic (exact) mass is 264 g/mol. The maximum atomic E-state index is 11.2. The van der Waals surface area contributed by atoms with Crippen LogP contribution in [0.4, 0.5) is 5.82 Å². The summed E-state index contributed by atoms with van der Waals surface area (Å²) in [6, 6.07) is 1.72. The van der Waals surface area contributed by atoms with Gasteiger partial charge in [0.25, 0.3) is 0 Å². The molecule has 0 aliphatic carbocycles. The Morgan fingerprint density at radius 2 is 2.26 bits per heavy atom. The van der Waals surface area contributed by atoms with E-state index in [1.165, 1.54) is 0 Å². The topological polar surface area (TPSA) is 92.3 Å². The first-order valence-electron chi connectivity index (χ1n) is 5.91. The summed E-state index contributed by atoms with van der Waals surface area (Å²) in [7, 11) is 1.75. The second kappa shape index (κ2) is 5.13. The number of hydrogen-bond acceptors (Lipinski definition) is 6. The number of rotatable bonds is 4. The highest BCUT2D eigenvalue weighted by atomic mass is 16.6. The van der Waals surface area contributed by atoms with Gasteiger partial charge in [-0.3, -0.25) is 0 Å². The molecule has 2 aromatic heterocycles. The van der Waals surface area contributed by atoms with E-state index >= 15 is 0 Å². The summed E-state index contributed by atoms with van der Waals surface area (Å²) in [5.74, 6) is 0.354. The molecule has 0 aromatic carbocycles. The molecule has 0 aliphatic rings. The van der Waals surface area contributed by atoms with Gasteiger partial charge in [-0.1, -0.05) is 0 Å². The smallest absolute Gasteiger partial charge is 0.344 e. The van der Waals surface area contributed by atoms with E-state index in [-0.39, 0.29) is 6.61 Å². The van der Waals surface area contributed by atoms with Gasteiger partial charge in [-0.2, -0.15) is 10.1 Å². The number of esters is 1. The quantitative estimate of drug-likeness (QED) is 0.821. The summed E-state index contributed by atoms with van der Waals surface area (Å²) < 4.78 is 11.7. The third-order valence-electron chi connectivity index (χ3n) is 2.64. The Hall–Kier alpha value is -2.31. The molecule has 0 amide bonds. The third kappa shape index (κ3) is 2.59. The SMILES string of the molecule is CCOC(=O)COc1cc(C)c2c(N)nn(C)c2n1. The molecule has 2 N–H and O–H groups in total. The summed E-state index contributed by atoms with van der Waals surface area (Å²) in [6.07, 6.45) is 0. The number of aromatic nitrogens is 3. The highest BCUT2D eigenvalue weighted by molar-refractivity contribution is 5.89. The van der Waals surface area contributed by atoms with E-state index in [0.29, 0.717) is 24.0 Å². The number of aryl methyl sites for hydroxylation is 2. The lowest BCUT2D eigenvalue weighted by molar-refractivity contribution is -0.145. The first-order chi connectivity index (χ1) is 9.02. The van der Waals surface area contributed by atoms with Gasteiger partial charge in [0.2, 0.25) is 5.88 Å². The molecule has 0 radical (unpaired) electrons. The number of carbonyl (C=O) groups is 1. The van der Waals surface area contributed by atoms with Crippen LogP contribution in [0.1, 0.15) is 12.5 Å². The van der Waals surface area contributed by atoms with E-state index in [0.717, 1.165) is 10.9 Å². The predicted molar refractivity (Wildman–Crippen MR) is 69.8 cm³/mol. The number of nitrogens with two attached hydrogens (primary N) is 1. The molecule has 2 rings (SSSR count). The molecule has 0 saturated heterocycles. The van der Waals surface area contributed by atoms with Gasteiger partial charge in [-0.15, -0.1) is 0 Å². The third-order valence-corrected chi connectivity index (χ3v) is 2.64. The minimum atomic E-state index is -0.424. The zero-order valence-electron chi connectivity index (χ0n) is 11.1. The standard InChI is InChI=1S/C12H16N4O3/c1-4-18-9(17)6-19-8-5-7(2)10-11(13)15-16(3)12(10)14-8/h5H,4,6H2,1-3H3,(H2,13,15). The number of pyridine rings is 1. The molecule has 0 spiro atoms. The summed E-state index contributed by atoms with van der Waals surface area (Å²) in [4.78, 5) is 15.5. The van der Waals surface area contributed by atoms with Gasteiger partial charge in [0.15, 0.2) is 18.1 Å². The highest BCUT2D eigenvalue weighted by Crippen LogP contribution is 2.25. The van der Waals surface area contributed by atoms with Crippen molar-refractivity contribution >= 4 is 22.8 Å². The maximum absolute atomic E-state index is 11.2. The second-order valence-electron chi connectivity index (χ2n) is 4.08. The van der Waals surface area contributed by atoms with Gasteiger partial charge in [0.1, 0.15) is 0 Å². The highest BCUT2D eigenvalue weighted by Gasteiger charge is 2.13. The number of carbonyl (C=O) groups excluding carboxylic acids is 1. The summed E-state index contributed by atoms with van der Waals surface area (Å²) in [5.41, 5.74) is 7.32. The fourth-order valence-corrected chi connectivity index (χ4v) is 1.85. The Morgan fingerprint density at radius 3 is 2.95 bits per heavy atom. The van der Waals surface area contributed by atoms with Gasteiger partial charge in [0, 0.05) is 13.1 Å². The molecule has 0 atom stereocenters. The number of hydrogen-bond donors (Lipinski definition) is 1. The van der Waals surface area contributed by atoms with Crippen molar-refractivity contribution in [2.75, 3.05) is 18.9 Å². The average molecular weight is 264 g/mol. The van der Waals surface area contributed by atoms with Crippen LogP contribution in [0.25, 0.3) is 11.0 Å². The Morgan fingerprint density at radius 1 is 1.53 bits per heavy atom. The number of nitrogen functional groups attached to an aromatic ring is 1. The Balaban J connectivity index is 2.26. The maximum Gasteiger partial charge on any atom is 0.344 e. The minimum Gasteiger partial charge on any atom is -0.466 e. The van der Waals surface area contributed by atoms with Crippen molar-refractivity contribution in [3.63, 3.8) is 0 Å². The molecule has 0 aliphatic heterocycles. The van der Waals surface area contributed by atoms with E-state index in [9.17, 15) is 4.79 Å². The molecule has 0 unspecified atom stereocenters.